The van der Waals surface area contributed by atoms with Crippen LogP contribution in [0.4, 0.5) is 0 Å². The first-order valence-corrected chi connectivity index (χ1v) is 9.86. The summed E-state index contributed by atoms with van der Waals surface area (Å²) in [6, 6.07) is 11.7. The zero-order chi connectivity index (χ0) is 19.5. The van der Waals surface area contributed by atoms with Gasteiger partial charge >= 0.3 is 5.63 Å². The Morgan fingerprint density at radius 3 is 2.82 bits per heavy atom. The van der Waals surface area contributed by atoms with Crippen molar-refractivity contribution in [1.82, 2.24) is 9.88 Å². The first-order chi connectivity index (χ1) is 13.6. The molecule has 5 heteroatoms. The van der Waals surface area contributed by atoms with Crippen LogP contribution >= 0.6 is 0 Å². The van der Waals surface area contributed by atoms with Crippen LogP contribution in [0.15, 0.2) is 51.8 Å². The third kappa shape index (κ3) is 4.32. The van der Waals surface area contributed by atoms with E-state index in [1.165, 1.54) is 0 Å². The Labute approximate surface area is 165 Å². The number of hydrogen-bond acceptors (Lipinski definition) is 5. The fraction of sp³-hybridized carbons (Fsp3) is 0.391. The highest BCUT2D eigenvalue weighted by atomic mass is 16.5. The summed E-state index contributed by atoms with van der Waals surface area (Å²) in [7, 11) is 0. The average molecular weight is 378 g/mol. The van der Waals surface area contributed by atoms with Gasteiger partial charge in [0.2, 0.25) is 0 Å². The molecule has 1 unspecified atom stereocenters. The molecular formula is C23H26N2O3. The summed E-state index contributed by atoms with van der Waals surface area (Å²) in [6.45, 7) is 7.08. The minimum atomic E-state index is -0.302. The van der Waals surface area contributed by atoms with E-state index in [2.05, 4.69) is 22.9 Å². The van der Waals surface area contributed by atoms with E-state index in [-0.39, 0.29) is 11.7 Å². The number of hydrogen-bond donors (Lipinski definition) is 0. The molecule has 3 heterocycles. The maximum absolute atomic E-state index is 12.2. The highest BCUT2D eigenvalue weighted by Crippen LogP contribution is 2.25. The van der Waals surface area contributed by atoms with Crippen LogP contribution in [0.5, 0.6) is 0 Å². The molecule has 1 saturated heterocycles. The van der Waals surface area contributed by atoms with Gasteiger partial charge in [-0.3, -0.25) is 9.88 Å². The van der Waals surface area contributed by atoms with E-state index in [0.29, 0.717) is 18.7 Å². The zero-order valence-corrected chi connectivity index (χ0v) is 16.5. The highest BCUT2D eigenvalue weighted by Gasteiger charge is 2.21. The fourth-order valence-electron chi connectivity index (χ4n) is 4.03. The number of aryl methyl sites for hydroxylation is 2. The minimum Gasteiger partial charge on any atom is -0.422 e. The minimum absolute atomic E-state index is 0.235. The predicted octanol–water partition coefficient (Wildman–Crippen LogP) is 3.99. The maximum Gasteiger partial charge on any atom is 0.336 e. The van der Waals surface area contributed by atoms with Crippen molar-refractivity contribution in [3.8, 4) is 0 Å². The first kappa shape index (κ1) is 18.8. The molecule has 0 amide bonds. The molecule has 3 aromatic rings. The largest absolute Gasteiger partial charge is 0.422 e. The third-order valence-electron chi connectivity index (χ3n) is 5.25. The normalized spacial score (nSPS) is 16.9. The van der Waals surface area contributed by atoms with Crippen molar-refractivity contribution in [2.75, 3.05) is 13.2 Å². The Morgan fingerprint density at radius 1 is 1.18 bits per heavy atom. The second kappa shape index (κ2) is 8.25. The highest BCUT2D eigenvalue weighted by molar-refractivity contribution is 5.83. The van der Waals surface area contributed by atoms with Gasteiger partial charge in [-0.05, 0) is 61.6 Å². The summed E-state index contributed by atoms with van der Waals surface area (Å²) in [6.07, 6.45) is 4.24. The lowest BCUT2D eigenvalue weighted by atomic mass is 10.0. The third-order valence-corrected chi connectivity index (χ3v) is 5.25. The van der Waals surface area contributed by atoms with Gasteiger partial charge in [-0.1, -0.05) is 12.1 Å². The molecular weight excluding hydrogens is 352 g/mol. The number of benzene rings is 1. The van der Waals surface area contributed by atoms with Gasteiger partial charge in [0.1, 0.15) is 5.58 Å². The quantitative estimate of drug-likeness (QED) is 0.607. The second-order valence-electron chi connectivity index (χ2n) is 7.67. The molecule has 146 valence electrons. The second-order valence-corrected chi connectivity index (χ2v) is 7.67. The number of fused-ring (bicyclic) bond motifs is 1. The molecule has 0 radical (unpaired) electrons. The molecule has 0 saturated carbocycles. The molecule has 4 rings (SSSR count). The summed E-state index contributed by atoms with van der Waals surface area (Å²) in [5.74, 6) is 0. The van der Waals surface area contributed by atoms with Crippen LogP contribution in [0, 0.1) is 13.8 Å². The Balaban J connectivity index is 1.68. The molecule has 1 aliphatic heterocycles. The number of aromatic nitrogens is 1. The summed E-state index contributed by atoms with van der Waals surface area (Å²) in [4.78, 5) is 19.0. The molecule has 2 aromatic heterocycles. The van der Waals surface area contributed by atoms with Crippen molar-refractivity contribution >= 4 is 11.0 Å². The van der Waals surface area contributed by atoms with Gasteiger partial charge in [0.05, 0.1) is 11.8 Å². The predicted molar refractivity (Wildman–Crippen MR) is 109 cm³/mol. The van der Waals surface area contributed by atoms with Gasteiger partial charge in [0.25, 0.3) is 0 Å². The maximum atomic E-state index is 12.2. The van der Waals surface area contributed by atoms with Gasteiger partial charge in [-0.25, -0.2) is 4.79 Å². The Morgan fingerprint density at radius 2 is 2.07 bits per heavy atom. The molecule has 0 N–H and O–H groups in total. The van der Waals surface area contributed by atoms with Crippen molar-refractivity contribution in [1.29, 1.82) is 0 Å². The van der Waals surface area contributed by atoms with E-state index in [4.69, 9.17) is 9.15 Å². The standard InChI is InChI=1S/C23H26N2O3/c1-16-10-17(2)23-21(11-16)18(12-22(26)28-23)13-25(15-20-7-5-9-27-20)14-19-6-3-4-8-24-19/h3-4,6,8,10-12,20H,5,7,9,13-15H2,1-2H3. The van der Waals surface area contributed by atoms with Gasteiger partial charge in [-0.2, -0.15) is 0 Å². The lowest BCUT2D eigenvalue weighted by Gasteiger charge is -2.25. The number of rotatable bonds is 6. The van der Waals surface area contributed by atoms with E-state index >= 15 is 0 Å². The van der Waals surface area contributed by atoms with Crippen molar-refractivity contribution < 1.29 is 9.15 Å². The van der Waals surface area contributed by atoms with Crippen molar-refractivity contribution in [3.05, 3.63) is 75.4 Å². The van der Waals surface area contributed by atoms with Crippen LogP contribution in [0.1, 0.15) is 35.2 Å². The molecule has 5 nitrogen and oxygen atoms in total. The Hall–Kier alpha value is -2.50. The summed E-state index contributed by atoms with van der Waals surface area (Å²) >= 11 is 0. The smallest absolute Gasteiger partial charge is 0.336 e. The molecule has 0 aliphatic carbocycles. The van der Waals surface area contributed by atoms with Crippen molar-refractivity contribution in [3.63, 3.8) is 0 Å². The summed E-state index contributed by atoms with van der Waals surface area (Å²) in [5.41, 5.74) is 4.54. The van der Waals surface area contributed by atoms with Crippen LogP contribution < -0.4 is 5.63 Å². The zero-order valence-electron chi connectivity index (χ0n) is 16.5. The number of nitrogens with zero attached hydrogens (tertiary/aromatic N) is 2. The van der Waals surface area contributed by atoms with Crippen LogP contribution in [-0.4, -0.2) is 29.1 Å². The monoisotopic (exact) mass is 378 g/mol. The van der Waals surface area contributed by atoms with Crippen molar-refractivity contribution in [2.45, 2.75) is 45.9 Å². The molecule has 1 aliphatic rings. The Bertz CT molecular complexity index is 1010. The van der Waals surface area contributed by atoms with E-state index in [1.54, 1.807) is 6.07 Å². The topological polar surface area (TPSA) is 55.6 Å². The summed E-state index contributed by atoms with van der Waals surface area (Å²) < 4.78 is 11.4. The van der Waals surface area contributed by atoms with Gasteiger partial charge < -0.3 is 9.15 Å². The van der Waals surface area contributed by atoms with Crippen molar-refractivity contribution in [2.24, 2.45) is 0 Å². The number of ether oxygens (including phenoxy) is 1. The molecule has 1 aromatic carbocycles. The molecule has 0 spiro atoms. The fourth-order valence-corrected chi connectivity index (χ4v) is 4.03. The molecule has 28 heavy (non-hydrogen) atoms. The average Bonchev–Trinajstić information content (AvgIpc) is 3.16. The van der Waals surface area contributed by atoms with Gasteiger partial charge in [0.15, 0.2) is 0 Å². The summed E-state index contributed by atoms with van der Waals surface area (Å²) in [5, 5.41) is 1.01. The van der Waals surface area contributed by atoms with Crippen LogP contribution in [-0.2, 0) is 17.8 Å². The lowest BCUT2D eigenvalue weighted by Crippen LogP contribution is -2.32. The van der Waals surface area contributed by atoms with Gasteiger partial charge in [0, 0.05) is 43.9 Å². The number of pyridine rings is 1. The van der Waals surface area contributed by atoms with E-state index in [0.717, 1.165) is 53.8 Å². The lowest BCUT2D eigenvalue weighted by molar-refractivity contribution is 0.0676. The van der Waals surface area contributed by atoms with Gasteiger partial charge in [-0.15, -0.1) is 0 Å². The SMILES string of the molecule is Cc1cc(C)c2oc(=O)cc(CN(Cc3ccccn3)CC3CCCO3)c2c1. The van der Waals surface area contributed by atoms with Crippen LogP contribution in [0.25, 0.3) is 11.0 Å². The Kier molecular flexibility index (Phi) is 5.55. The molecule has 1 atom stereocenters. The molecule has 1 fully saturated rings. The first-order valence-electron chi connectivity index (χ1n) is 9.86. The van der Waals surface area contributed by atoms with Crippen LogP contribution in [0.2, 0.25) is 0 Å². The van der Waals surface area contributed by atoms with Crippen LogP contribution in [0.3, 0.4) is 0 Å². The van der Waals surface area contributed by atoms with E-state index < -0.39 is 0 Å². The van der Waals surface area contributed by atoms with E-state index in [9.17, 15) is 4.79 Å². The molecule has 0 bridgehead atoms. The van der Waals surface area contributed by atoms with E-state index in [1.807, 2.05) is 37.4 Å².